The maximum atomic E-state index is 12.6. The van der Waals surface area contributed by atoms with Gasteiger partial charge in [-0.1, -0.05) is 60.1 Å². The zero-order valence-corrected chi connectivity index (χ0v) is 15.4. The maximum Gasteiger partial charge on any atom is 0.257 e. The first-order chi connectivity index (χ1) is 13.1. The highest BCUT2D eigenvalue weighted by molar-refractivity contribution is 6.31. The van der Waals surface area contributed by atoms with Gasteiger partial charge in [0.25, 0.3) is 5.91 Å². The van der Waals surface area contributed by atoms with Crippen molar-refractivity contribution in [2.75, 3.05) is 10.6 Å². The lowest BCUT2D eigenvalue weighted by Gasteiger charge is -2.12. The minimum Gasteiger partial charge on any atom is -0.325 e. The number of carbonyl (C=O) groups is 2. The van der Waals surface area contributed by atoms with Gasteiger partial charge in [-0.15, -0.1) is 0 Å². The molecule has 0 atom stereocenters. The molecule has 0 saturated carbocycles. The number of aryl methyl sites for hydroxylation is 1. The fourth-order valence-electron chi connectivity index (χ4n) is 2.65. The van der Waals surface area contributed by atoms with Crippen LogP contribution in [0.2, 0.25) is 5.02 Å². The van der Waals surface area contributed by atoms with E-state index in [1.807, 2.05) is 48.5 Å². The van der Waals surface area contributed by atoms with E-state index in [9.17, 15) is 9.59 Å². The summed E-state index contributed by atoms with van der Waals surface area (Å²) in [6.45, 7) is 0. The molecule has 136 valence electrons. The molecule has 3 rings (SSSR count). The number of anilines is 2. The average molecular weight is 379 g/mol. The van der Waals surface area contributed by atoms with Gasteiger partial charge < -0.3 is 10.6 Å². The number of hydrogen-bond donors (Lipinski definition) is 2. The van der Waals surface area contributed by atoms with Gasteiger partial charge in [-0.2, -0.15) is 0 Å². The van der Waals surface area contributed by atoms with Crippen molar-refractivity contribution in [1.29, 1.82) is 0 Å². The normalized spacial score (nSPS) is 10.3. The molecule has 0 fully saturated rings. The first kappa shape index (κ1) is 18.7. The standard InChI is InChI=1S/C22H19ClN2O2/c23-17-12-13-20(25-21(26)14-11-16-7-3-1-4-8-16)19(15-17)22(27)24-18-9-5-2-6-10-18/h1-10,12-13,15H,11,14H2,(H,24,27)(H,25,26). The van der Waals surface area contributed by atoms with Crippen LogP contribution >= 0.6 is 11.6 Å². The van der Waals surface area contributed by atoms with Crippen LogP contribution in [0.1, 0.15) is 22.3 Å². The molecule has 5 heteroatoms. The van der Waals surface area contributed by atoms with Crippen molar-refractivity contribution in [3.63, 3.8) is 0 Å². The van der Waals surface area contributed by atoms with E-state index in [-0.39, 0.29) is 11.8 Å². The first-order valence-corrected chi connectivity index (χ1v) is 8.99. The molecule has 2 N–H and O–H groups in total. The predicted octanol–water partition coefficient (Wildman–Crippen LogP) is 5.16. The molecule has 2 amide bonds. The lowest BCUT2D eigenvalue weighted by Crippen LogP contribution is -2.18. The van der Waals surface area contributed by atoms with Crippen molar-refractivity contribution in [3.8, 4) is 0 Å². The highest BCUT2D eigenvalue weighted by atomic mass is 35.5. The van der Waals surface area contributed by atoms with E-state index >= 15 is 0 Å². The van der Waals surface area contributed by atoms with Crippen LogP contribution in [-0.4, -0.2) is 11.8 Å². The van der Waals surface area contributed by atoms with Crippen LogP contribution in [0.5, 0.6) is 0 Å². The third-order valence-corrected chi connectivity index (χ3v) is 4.25. The number of halogens is 1. The second-order valence-electron chi connectivity index (χ2n) is 6.04. The molecule has 4 nitrogen and oxygen atoms in total. The minimum atomic E-state index is -0.331. The smallest absolute Gasteiger partial charge is 0.257 e. The second kappa shape index (κ2) is 9.01. The summed E-state index contributed by atoms with van der Waals surface area (Å²) in [5, 5.41) is 6.05. The van der Waals surface area contributed by atoms with Gasteiger partial charge in [-0.25, -0.2) is 0 Å². The van der Waals surface area contributed by atoms with Crippen LogP contribution in [0.25, 0.3) is 0 Å². The predicted molar refractivity (Wildman–Crippen MR) is 109 cm³/mol. The van der Waals surface area contributed by atoms with Crippen LogP contribution in [0.15, 0.2) is 78.9 Å². The van der Waals surface area contributed by atoms with Gasteiger partial charge in [0.2, 0.25) is 5.91 Å². The van der Waals surface area contributed by atoms with Crippen molar-refractivity contribution in [2.24, 2.45) is 0 Å². The summed E-state index contributed by atoms with van der Waals surface area (Å²) in [6, 6.07) is 23.7. The van der Waals surface area contributed by atoms with Crippen LogP contribution in [0.4, 0.5) is 11.4 Å². The SMILES string of the molecule is O=C(CCc1ccccc1)Nc1ccc(Cl)cc1C(=O)Nc1ccccc1. The molecule has 0 spiro atoms. The van der Waals surface area contributed by atoms with Crippen LogP contribution in [0.3, 0.4) is 0 Å². The van der Waals surface area contributed by atoms with E-state index in [0.29, 0.717) is 34.8 Å². The Morgan fingerprint density at radius 3 is 2.19 bits per heavy atom. The number of nitrogens with one attached hydrogen (secondary N) is 2. The number of benzene rings is 3. The Morgan fingerprint density at radius 1 is 0.815 bits per heavy atom. The molecule has 0 radical (unpaired) electrons. The summed E-state index contributed by atoms with van der Waals surface area (Å²) in [4.78, 5) is 25.0. The Kier molecular flexibility index (Phi) is 6.23. The van der Waals surface area contributed by atoms with Crippen LogP contribution < -0.4 is 10.6 Å². The molecule has 0 unspecified atom stereocenters. The number of amides is 2. The Hall–Kier alpha value is -3.11. The Bertz CT molecular complexity index is 928. The lowest BCUT2D eigenvalue weighted by atomic mass is 10.1. The van der Waals surface area contributed by atoms with Gasteiger partial charge >= 0.3 is 0 Å². The van der Waals surface area contributed by atoms with Gasteiger partial charge in [0.15, 0.2) is 0 Å². The molecule has 0 aromatic heterocycles. The van der Waals surface area contributed by atoms with Crippen molar-refractivity contribution in [2.45, 2.75) is 12.8 Å². The van der Waals surface area contributed by atoms with Crippen molar-refractivity contribution in [1.82, 2.24) is 0 Å². The van der Waals surface area contributed by atoms with E-state index < -0.39 is 0 Å². The molecule has 3 aromatic rings. The van der Waals surface area contributed by atoms with Crippen LogP contribution in [0, 0.1) is 0 Å². The van der Waals surface area contributed by atoms with E-state index in [0.717, 1.165) is 5.56 Å². The van der Waals surface area contributed by atoms with Gasteiger partial charge in [0.05, 0.1) is 11.3 Å². The third-order valence-electron chi connectivity index (χ3n) is 4.02. The highest BCUT2D eigenvalue weighted by Crippen LogP contribution is 2.22. The number of hydrogen-bond acceptors (Lipinski definition) is 2. The molecular formula is C22H19ClN2O2. The monoisotopic (exact) mass is 378 g/mol. The van der Waals surface area contributed by atoms with E-state index in [2.05, 4.69) is 10.6 Å². The molecule has 27 heavy (non-hydrogen) atoms. The lowest BCUT2D eigenvalue weighted by molar-refractivity contribution is -0.116. The second-order valence-corrected chi connectivity index (χ2v) is 6.48. The highest BCUT2D eigenvalue weighted by Gasteiger charge is 2.14. The molecular weight excluding hydrogens is 360 g/mol. The molecule has 0 aliphatic rings. The summed E-state index contributed by atoms with van der Waals surface area (Å²) in [7, 11) is 0. The number of carbonyl (C=O) groups excluding carboxylic acids is 2. The summed E-state index contributed by atoms with van der Waals surface area (Å²) in [5.74, 6) is -0.489. The summed E-state index contributed by atoms with van der Waals surface area (Å²) >= 11 is 6.05. The zero-order valence-electron chi connectivity index (χ0n) is 14.6. The molecule has 0 saturated heterocycles. The third kappa shape index (κ3) is 5.43. The average Bonchev–Trinajstić information content (AvgIpc) is 2.69. The Balaban J connectivity index is 1.69. The molecule has 0 aliphatic heterocycles. The van der Waals surface area contributed by atoms with Gasteiger partial charge in [-0.05, 0) is 42.3 Å². The van der Waals surface area contributed by atoms with Crippen molar-refractivity contribution >= 4 is 34.8 Å². The summed E-state index contributed by atoms with van der Waals surface area (Å²) in [5.41, 5.74) is 2.51. The van der Waals surface area contributed by atoms with Gasteiger partial charge in [0.1, 0.15) is 0 Å². The quantitative estimate of drug-likeness (QED) is 0.622. The molecule has 0 bridgehead atoms. The fraction of sp³-hybridized carbons (Fsp3) is 0.0909. The number of para-hydroxylation sites is 1. The largest absolute Gasteiger partial charge is 0.325 e. The zero-order chi connectivity index (χ0) is 19.1. The minimum absolute atomic E-state index is 0.157. The fourth-order valence-corrected chi connectivity index (χ4v) is 2.82. The maximum absolute atomic E-state index is 12.6. The van der Waals surface area contributed by atoms with Crippen molar-refractivity contribution in [3.05, 3.63) is 95.0 Å². The van der Waals surface area contributed by atoms with Gasteiger partial charge in [0, 0.05) is 17.1 Å². The Morgan fingerprint density at radius 2 is 1.48 bits per heavy atom. The summed E-state index contributed by atoms with van der Waals surface area (Å²) in [6.07, 6.45) is 0.957. The molecule has 0 aliphatic carbocycles. The Labute approximate surface area is 163 Å². The van der Waals surface area contributed by atoms with E-state index in [1.165, 1.54) is 0 Å². The van der Waals surface area contributed by atoms with E-state index in [1.54, 1.807) is 30.3 Å². The first-order valence-electron chi connectivity index (χ1n) is 8.61. The number of rotatable bonds is 6. The molecule has 3 aromatic carbocycles. The van der Waals surface area contributed by atoms with Gasteiger partial charge in [-0.3, -0.25) is 9.59 Å². The molecule has 0 heterocycles. The van der Waals surface area contributed by atoms with Crippen LogP contribution in [-0.2, 0) is 11.2 Å². The van der Waals surface area contributed by atoms with Crippen molar-refractivity contribution < 1.29 is 9.59 Å². The summed E-state index contributed by atoms with van der Waals surface area (Å²) < 4.78 is 0. The van der Waals surface area contributed by atoms with E-state index in [4.69, 9.17) is 11.6 Å². The topological polar surface area (TPSA) is 58.2 Å².